The number of carbonyl (C=O) groups is 1. The van der Waals surface area contributed by atoms with E-state index in [1.165, 1.54) is 6.20 Å². The van der Waals surface area contributed by atoms with Crippen LogP contribution in [0.15, 0.2) is 45.8 Å². The van der Waals surface area contributed by atoms with E-state index < -0.39 is 17.4 Å². The standard InChI is InChI=1S/C25H35F2N5O2/c1-4-11-32(13-14-33)21-16-18(26)15-20(27)22(21)25(2)7-9-28-17-30-23-19(6-5-12-31(23)3)24(34)29-10-8-25/h13,15,17-18H,4-12,16H2,1-3H3,(H,28,30)(H,29,34). The number of amides is 1. The van der Waals surface area contributed by atoms with Gasteiger partial charge in [0.05, 0.1) is 18.1 Å². The van der Waals surface area contributed by atoms with Gasteiger partial charge in [0.25, 0.3) is 5.91 Å². The van der Waals surface area contributed by atoms with Crippen LogP contribution in [-0.2, 0) is 9.59 Å². The summed E-state index contributed by atoms with van der Waals surface area (Å²) >= 11 is 0. The van der Waals surface area contributed by atoms with Crippen LogP contribution in [0.25, 0.3) is 0 Å². The van der Waals surface area contributed by atoms with Crippen LogP contribution in [0.5, 0.6) is 0 Å². The van der Waals surface area contributed by atoms with E-state index in [2.05, 4.69) is 15.6 Å². The molecule has 7 nitrogen and oxygen atoms in total. The highest BCUT2D eigenvalue weighted by Gasteiger charge is 2.38. The number of carbonyl (C=O) groups excluding carboxylic acids is 2. The van der Waals surface area contributed by atoms with Gasteiger partial charge in [-0.2, -0.15) is 0 Å². The van der Waals surface area contributed by atoms with Gasteiger partial charge in [0, 0.05) is 56.3 Å². The molecule has 0 saturated heterocycles. The molecule has 0 saturated carbocycles. The smallest absolute Gasteiger partial charge is 0.250 e. The summed E-state index contributed by atoms with van der Waals surface area (Å²) in [6.45, 7) is 6.01. The molecular weight excluding hydrogens is 440 g/mol. The second kappa shape index (κ2) is 11.5. The fourth-order valence-electron chi connectivity index (χ4n) is 4.99. The van der Waals surface area contributed by atoms with Crippen LogP contribution in [0.4, 0.5) is 8.78 Å². The summed E-state index contributed by atoms with van der Waals surface area (Å²) in [5.74, 6) is 1.65. The number of halogens is 2. The average molecular weight is 476 g/mol. The molecule has 9 heteroatoms. The van der Waals surface area contributed by atoms with Crippen LogP contribution >= 0.6 is 0 Å². The van der Waals surface area contributed by atoms with Crippen molar-refractivity contribution in [3.8, 4) is 0 Å². The summed E-state index contributed by atoms with van der Waals surface area (Å²) in [5.41, 5.74) is 0.783. The number of hydrogen-bond acceptors (Lipinski definition) is 6. The molecule has 0 aromatic carbocycles. The van der Waals surface area contributed by atoms with Gasteiger partial charge < -0.3 is 20.4 Å². The van der Waals surface area contributed by atoms with E-state index in [-0.39, 0.29) is 12.3 Å². The highest BCUT2D eigenvalue weighted by Crippen LogP contribution is 2.45. The van der Waals surface area contributed by atoms with Crippen LogP contribution in [0.1, 0.15) is 52.4 Å². The number of alkyl halides is 1. The van der Waals surface area contributed by atoms with Gasteiger partial charge in [-0.15, -0.1) is 0 Å². The molecule has 0 aromatic rings. The minimum Gasteiger partial charge on any atom is -0.376 e. The van der Waals surface area contributed by atoms with E-state index in [9.17, 15) is 14.0 Å². The Morgan fingerprint density at radius 1 is 1.38 bits per heavy atom. The lowest BCUT2D eigenvalue weighted by Gasteiger charge is -2.39. The second-order valence-corrected chi connectivity index (χ2v) is 9.35. The van der Waals surface area contributed by atoms with Gasteiger partial charge in [-0.25, -0.2) is 18.6 Å². The van der Waals surface area contributed by atoms with Crippen molar-refractivity contribution in [2.45, 2.75) is 58.5 Å². The molecule has 0 bridgehead atoms. The fraction of sp³-hybridized carbons (Fsp3) is 0.600. The molecule has 2 unspecified atom stereocenters. The van der Waals surface area contributed by atoms with E-state index in [1.807, 2.05) is 25.8 Å². The predicted molar refractivity (Wildman–Crippen MR) is 129 cm³/mol. The first-order valence-corrected chi connectivity index (χ1v) is 12.0. The zero-order valence-electron chi connectivity index (χ0n) is 20.3. The number of nitrogens with one attached hydrogen (secondary N) is 2. The average Bonchev–Trinajstić information content (AvgIpc) is 2.78. The molecule has 3 rings (SSSR count). The molecule has 2 aliphatic heterocycles. The highest BCUT2D eigenvalue weighted by atomic mass is 19.1. The maximum absolute atomic E-state index is 15.4. The third kappa shape index (κ3) is 5.76. The van der Waals surface area contributed by atoms with Crippen molar-refractivity contribution >= 4 is 18.2 Å². The third-order valence-corrected chi connectivity index (χ3v) is 6.75. The zero-order chi connectivity index (χ0) is 24.7. The second-order valence-electron chi connectivity index (χ2n) is 9.35. The minimum atomic E-state index is -1.47. The SMILES string of the molecule is CCCN(C=C=O)C1=C(C2(C)CCN/C=N/C3=C(CCCN3C)C(=O)NCC2)C(F)=CC(F)C1. The molecule has 0 aromatic heterocycles. The third-order valence-electron chi connectivity index (χ3n) is 6.75. The summed E-state index contributed by atoms with van der Waals surface area (Å²) in [6.07, 6.45) is 5.55. The van der Waals surface area contributed by atoms with Crippen molar-refractivity contribution < 1.29 is 18.4 Å². The summed E-state index contributed by atoms with van der Waals surface area (Å²) in [6, 6.07) is 0. The monoisotopic (exact) mass is 475 g/mol. The Bertz CT molecular complexity index is 951. The summed E-state index contributed by atoms with van der Waals surface area (Å²) in [5, 5.41) is 6.17. The first-order chi connectivity index (χ1) is 16.3. The Hall–Kier alpha value is -2.93. The Balaban J connectivity index is 1.97. The molecule has 0 fully saturated rings. The molecule has 0 spiro atoms. The largest absolute Gasteiger partial charge is 0.376 e. The molecule has 3 aliphatic rings. The van der Waals surface area contributed by atoms with Gasteiger partial charge in [0.15, 0.2) is 0 Å². The summed E-state index contributed by atoms with van der Waals surface area (Å²) in [7, 11) is 1.92. The quantitative estimate of drug-likeness (QED) is 0.597. The van der Waals surface area contributed by atoms with E-state index in [0.717, 1.165) is 19.0 Å². The lowest BCUT2D eigenvalue weighted by Crippen LogP contribution is -2.38. The summed E-state index contributed by atoms with van der Waals surface area (Å²) < 4.78 is 29.8. The van der Waals surface area contributed by atoms with Crippen molar-refractivity contribution in [3.63, 3.8) is 0 Å². The topological polar surface area (TPSA) is 77.0 Å². The van der Waals surface area contributed by atoms with Crippen molar-refractivity contribution in [3.05, 3.63) is 40.8 Å². The molecular formula is C25H35F2N5O2. The van der Waals surface area contributed by atoms with Gasteiger partial charge in [-0.05, 0) is 38.2 Å². The molecule has 2 heterocycles. The number of hydrogen-bond donors (Lipinski definition) is 2. The molecule has 34 heavy (non-hydrogen) atoms. The van der Waals surface area contributed by atoms with Gasteiger partial charge in [0.2, 0.25) is 0 Å². The number of rotatable bonds is 5. The maximum Gasteiger partial charge on any atom is 0.250 e. The van der Waals surface area contributed by atoms with Gasteiger partial charge in [-0.1, -0.05) is 13.8 Å². The summed E-state index contributed by atoms with van der Waals surface area (Å²) in [4.78, 5) is 32.2. The van der Waals surface area contributed by atoms with Gasteiger partial charge in [0.1, 0.15) is 23.8 Å². The Morgan fingerprint density at radius 3 is 2.88 bits per heavy atom. The normalized spacial score (nSPS) is 27.3. The lowest BCUT2D eigenvalue weighted by molar-refractivity contribution is -0.118. The predicted octanol–water partition coefficient (Wildman–Crippen LogP) is 3.36. The van der Waals surface area contributed by atoms with Gasteiger partial charge >= 0.3 is 0 Å². The number of aliphatic imine (C=N–C) groups is 1. The Labute approximate surface area is 200 Å². The Morgan fingerprint density at radius 2 is 2.15 bits per heavy atom. The number of allylic oxidation sites excluding steroid dienone is 4. The minimum absolute atomic E-state index is 0.0135. The van der Waals surface area contributed by atoms with Crippen LogP contribution in [0.2, 0.25) is 0 Å². The molecule has 1 aliphatic carbocycles. The zero-order valence-corrected chi connectivity index (χ0v) is 20.3. The molecule has 186 valence electrons. The fourth-order valence-corrected chi connectivity index (χ4v) is 4.99. The maximum atomic E-state index is 15.4. The van der Waals surface area contributed by atoms with Crippen LogP contribution in [0.3, 0.4) is 0 Å². The van der Waals surface area contributed by atoms with Crippen LogP contribution in [-0.4, -0.2) is 67.4 Å². The first-order valence-electron chi connectivity index (χ1n) is 12.0. The van der Waals surface area contributed by atoms with Crippen molar-refractivity contribution in [2.75, 3.05) is 33.2 Å². The molecule has 1 amide bonds. The Kier molecular flexibility index (Phi) is 8.67. The molecule has 0 radical (unpaired) electrons. The van der Waals surface area contributed by atoms with Crippen molar-refractivity contribution in [2.24, 2.45) is 10.4 Å². The first kappa shape index (κ1) is 25.7. The van der Waals surface area contributed by atoms with E-state index >= 15 is 4.39 Å². The molecule has 2 N–H and O–H groups in total. The van der Waals surface area contributed by atoms with Gasteiger partial charge in [-0.3, -0.25) is 4.79 Å². The van der Waals surface area contributed by atoms with Crippen LogP contribution in [0, 0.1) is 5.41 Å². The van der Waals surface area contributed by atoms with E-state index in [0.29, 0.717) is 68.0 Å². The highest BCUT2D eigenvalue weighted by molar-refractivity contribution is 5.94. The van der Waals surface area contributed by atoms with E-state index in [1.54, 1.807) is 17.2 Å². The van der Waals surface area contributed by atoms with Crippen molar-refractivity contribution in [1.29, 1.82) is 0 Å². The lowest BCUT2D eigenvalue weighted by atomic mass is 9.72. The van der Waals surface area contributed by atoms with Crippen LogP contribution < -0.4 is 10.6 Å². The van der Waals surface area contributed by atoms with E-state index in [4.69, 9.17) is 0 Å². The number of nitrogens with zero attached hydrogens (tertiary/aromatic N) is 3. The van der Waals surface area contributed by atoms with Crippen molar-refractivity contribution in [1.82, 2.24) is 20.4 Å². The molecule has 2 atom stereocenters.